The molecular weight excluding hydrogens is 544 g/mol. The lowest BCUT2D eigenvalue weighted by molar-refractivity contribution is -0.128. The standard InChI is InChI=1S/C31H36N2O7S/c1-23-31(18-22-41(36,37)27-10-4-3-5-11-27,30(35)32-19-17-24-9-6-7-12-28(24)38-2)33-29(40-23)25-13-15-26(16-14-25)39-21-8-20-34/h3-7,9-16,23,34H,8,17-22H2,1-2H3,(H,32,35)/t23-,31-/m1/s1. The molecule has 0 unspecified atom stereocenters. The van der Waals surface area contributed by atoms with Crippen LogP contribution in [0.5, 0.6) is 11.5 Å². The minimum Gasteiger partial charge on any atom is -0.496 e. The molecule has 0 saturated carbocycles. The van der Waals surface area contributed by atoms with Gasteiger partial charge in [-0.3, -0.25) is 4.79 Å². The summed E-state index contributed by atoms with van der Waals surface area (Å²) in [4.78, 5) is 18.7. The molecular formula is C31H36N2O7S. The Balaban J connectivity index is 1.57. The highest BCUT2D eigenvalue weighted by atomic mass is 32.2. The molecule has 0 fully saturated rings. The molecule has 1 aliphatic heterocycles. The van der Waals surface area contributed by atoms with E-state index < -0.39 is 27.4 Å². The van der Waals surface area contributed by atoms with Gasteiger partial charge in [0.1, 0.15) is 17.6 Å². The maximum atomic E-state index is 13.8. The molecule has 9 nitrogen and oxygen atoms in total. The Hall–Kier alpha value is -3.89. The average molecular weight is 581 g/mol. The maximum Gasteiger partial charge on any atom is 0.251 e. The zero-order valence-corrected chi connectivity index (χ0v) is 24.1. The van der Waals surface area contributed by atoms with Crippen molar-refractivity contribution in [2.24, 2.45) is 4.99 Å². The van der Waals surface area contributed by atoms with Crippen LogP contribution in [0.25, 0.3) is 0 Å². The van der Waals surface area contributed by atoms with Crippen molar-refractivity contribution in [1.29, 1.82) is 0 Å². The van der Waals surface area contributed by atoms with Crippen molar-refractivity contribution in [3.63, 3.8) is 0 Å². The fraction of sp³-hybridized carbons (Fsp3) is 0.355. The number of aliphatic hydroxyl groups is 1. The van der Waals surface area contributed by atoms with Gasteiger partial charge in [0.15, 0.2) is 15.4 Å². The van der Waals surface area contributed by atoms with Gasteiger partial charge in [-0.1, -0.05) is 36.4 Å². The van der Waals surface area contributed by atoms with Crippen molar-refractivity contribution in [2.45, 2.75) is 42.7 Å². The molecule has 3 aromatic rings. The van der Waals surface area contributed by atoms with Gasteiger partial charge in [0.05, 0.1) is 24.4 Å². The minimum absolute atomic E-state index is 0.0453. The van der Waals surface area contributed by atoms with Gasteiger partial charge >= 0.3 is 0 Å². The summed E-state index contributed by atoms with van der Waals surface area (Å²) >= 11 is 0. The van der Waals surface area contributed by atoms with Gasteiger partial charge in [0.25, 0.3) is 5.91 Å². The summed E-state index contributed by atoms with van der Waals surface area (Å²) < 4.78 is 43.4. The van der Waals surface area contributed by atoms with Crippen LogP contribution in [-0.4, -0.2) is 69.6 Å². The second kappa shape index (κ2) is 13.6. The molecule has 2 atom stereocenters. The molecule has 4 rings (SSSR count). The Kier molecular flexibility index (Phi) is 10.0. The number of sulfone groups is 1. The molecule has 1 heterocycles. The number of benzene rings is 3. The van der Waals surface area contributed by atoms with Crippen LogP contribution in [0, 0.1) is 0 Å². The first-order chi connectivity index (χ1) is 19.8. The lowest BCUT2D eigenvalue weighted by atomic mass is 9.90. The third kappa shape index (κ3) is 7.25. The van der Waals surface area contributed by atoms with Gasteiger partial charge in [-0.25, -0.2) is 13.4 Å². The summed E-state index contributed by atoms with van der Waals surface area (Å²) in [5.74, 6) is 0.938. The molecule has 218 valence electrons. The van der Waals surface area contributed by atoms with Crippen LogP contribution in [0.1, 0.15) is 30.9 Å². The molecule has 0 aliphatic carbocycles. The van der Waals surface area contributed by atoms with Gasteiger partial charge < -0.3 is 24.6 Å². The summed E-state index contributed by atoms with van der Waals surface area (Å²) in [6.45, 7) is 2.48. The molecule has 3 aromatic carbocycles. The highest BCUT2D eigenvalue weighted by Gasteiger charge is 2.50. The van der Waals surface area contributed by atoms with Crippen LogP contribution in [-0.2, 0) is 25.8 Å². The number of hydrogen-bond donors (Lipinski definition) is 2. The lowest BCUT2D eigenvalue weighted by Crippen LogP contribution is -2.52. The molecule has 0 radical (unpaired) electrons. The monoisotopic (exact) mass is 580 g/mol. The molecule has 1 aliphatic rings. The summed E-state index contributed by atoms with van der Waals surface area (Å²) in [6.07, 6.45) is 0.278. The first-order valence-electron chi connectivity index (χ1n) is 13.6. The minimum atomic E-state index is -3.67. The van der Waals surface area contributed by atoms with Crippen molar-refractivity contribution in [1.82, 2.24) is 5.32 Å². The van der Waals surface area contributed by atoms with E-state index in [9.17, 15) is 13.2 Å². The van der Waals surface area contributed by atoms with Crippen LogP contribution in [0.4, 0.5) is 0 Å². The fourth-order valence-corrected chi connectivity index (χ4v) is 6.05. The number of carbonyl (C=O) groups is 1. The molecule has 0 spiro atoms. The second-order valence-electron chi connectivity index (χ2n) is 9.75. The van der Waals surface area contributed by atoms with E-state index in [4.69, 9.17) is 24.3 Å². The van der Waals surface area contributed by atoms with E-state index in [1.54, 1.807) is 68.6 Å². The molecule has 0 bridgehead atoms. The smallest absolute Gasteiger partial charge is 0.251 e. The van der Waals surface area contributed by atoms with Crippen molar-refractivity contribution in [3.05, 3.63) is 90.0 Å². The van der Waals surface area contributed by atoms with E-state index in [1.807, 2.05) is 24.3 Å². The first-order valence-corrected chi connectivity index (χ1v) is 15.2. The largest absolute Gasteiger partial charge is 0.496 e. The van der Waals surface area contributed by atoms with E-state index in [0.717, 1.165) is 11.3 Å². The third-order valence-electron chi connectivity index (χ3n) is 7.05. The van der Waals surface area contributed by atoms with Crippen LogP contribution >= 0.6 is 0 Å². The summed E-state index contributed by atoms with van der Waals surface area (Å²) in [7, 11) is -2.07. The number of ether oxygens (including phenoxy) is 3. The Morgan fingerprint density at radius 3 is 2.46 bits per heavy atom. The highest BCUT2D eigenvalue weighted by molar-refractivity contribution is 7.91. The van der Waals surface area contributed by atoms with Crippen LogP contribution in [0.2, 0.25) is 0 Å². The maximum absolute atomic E-state index is 13.8. The van der Waals surface area contributed by atoms with E-state index in [0.29, 0.717) is 37.3 Å². The summed E-state index contributed by atoms with van der Waals surface area (Å²) in [6, 6.07) is 22.8. The number of rotatable bonds is 14. The van der Waals surface area contributed by atoms with Crippen molar-refractivity contribution in [2.75, 3.05) is 32.6 Å². The molecule has 10 heteroatoms. The zero-order chi connectivity index (χ0) is 29.3. The molecule has 0 saturated heterocycles. The Bertz CT molecular complexity index is 1440. The molecule has 41 heavy (non-hydrogen) atoms. The number of carbonyl (C=O) groups excluding carboxylic acids is 1. The quantitative estimate of drug-likeness (QED) is 0.280. The van der Waals surface area contributed by atoms with Crippen molar-refractivity contribution in [3.8, 4) is 11.5 Å². The Labute approximate surface area is 241 Å². The Morgan fingerprint density at radius 2 is 1.76 bits per heavy atom. The third-order valence-corrected chi connectivity index (χ3v) is 8.79. The predicted molar refractivity (Wildman–Crippen MR) is 156 cm³/mol. The van der Waals surface area contributed by atoms with Gasteiger partial charge in [0, 0.05) is 25.1 Å². The van der Waals surface area contributed by atoms with Gasteiger partial charge in [-0.15, -0.1) is 0 Å². The summed E-state index contributed by atoms with van der Waals surface area (Å²) in [5, 5.41) is 11.9. The Morgan fingerprint density at radius 1 is 1.05 bits per heavy atom. The van der Waals surface area contributed by atoms with E-state index in [1.165, 1.54) is 0 Å². The van der Waals surface area contributed by atoms with E-state index >= 15 is 0 Å². The average Bonchev–Trinajstić information content (AvgIpc) is 3.34. The van der Waals surface area contributed by atoms with Crippen LogP contribution < -0.4 is 14.8 Å². The lowest BCUT2D eigenvalue weighted by Gasteiger charge is -2.28. The van der Waals surface area contributed by atoms with Crippen molar-refractivity contribution >= 4 is 21.6 Å². The number of methoxy groups -OCH3 is 1. The predicted octanol–water partition coefficient (Wildman–Crippen LogP) is 3.58. The normalized spacial score (nSPS) is 18.3. The second-order valence-corrected chi connectivity index (χ2v) is 11.9. The van der Waals surface area contributed by atoms with Gasteiger partial charge in [-0.2, -0.15) is 0 Å². The van der Waals surface area contributed by atoms with Crippen LogP contribution in [0.15, 0.2) is 88.8 Å². The SMILES string of the molecule is COc1ccccc1CCNC(=O)[C@]1(CCS(=O)(=O)c2ccccc2)N=C(c2ccc(OCCCO)cc2)O[C@@H]1C. The molecule has 2 N–H and O–H groups in total. The van der Waals surface area contributed by atoms with Gasteiger partial charge in [-0.05, 0) is 67.8 Å². The summed E-state index contributed by atoms with van der Waals surface area (Å²) in [5.41, 5.74) is 0.132. The van der Waals surface area contributed by atoms with E-state index in [2.05, 4.69) is 5.32 Å². The number of aliphatic hydroxyl groups excluding tert-OH is 1. The number of hydrogen-bond acceptors (Lipinski definition) is 8. The zero-order valence-electron chi connectivity index (χ0n) is 23.3. The number of nitrogens with one attached hydrogen (secondary N) is 1. The van der Waals surface area contributed by atoms with Crippen LogP contribution in [0.3, 0.4) is 0 Å². The number of amides is 1. The number of aliphatic imine (C=N–C) groups is 1. The molecule has 1 amide bonds. The highest BCUT2D eigenvalue weighted by Crippen LogP contribution is 2.33. The fourth-order valence-electron chi connectivity index (χ4n) is 4.66. The first kappa shape index (κ1) is 30.1. The number of para-hydroxylation sites is 1. The number of nitrogens with zero attached hydrogens (tertiary/aromatic N) is 1. The topological polar surface area (TPSA) is 124 Å². The van der Waals surface area contributed by atoms with Gasteiger partial charge in [0.2, 0.25) is 5.90 Å². The molecule has 0 aromatic heterocycles. The van der Waals surface area contributed by atoms with E-state index in [-0.39, 0.29) is 29.6 Å². The van der Waals surface area contributed by atoms with Crippen molar-refractivity contribution < 1.29 is 32.5 Å².